The van der Waals surface area contributed by atoms with Gasteiger partial charge >= 0.3 is 0 Å². The van der Waals surface area contributed by atoms with Gasteiger partial charge in [-0.25, -0.2) is 0 Å². The molecule has 0 amide bonds. The molecule has 3 heteroatoms. The molecule has 3 nitrogen and oxygen atoms in total. The molecule has 0 radical (unpaired) electrons. The van der Waals surface area contributed by atoms with Gasteiger partial charge in [0.15, 0.2) is 0 Å². The molecule has 0 bridgehead atoms. The Morgan fingerprint density at radius 3 is 2.25 bits per heavy atom. The van der Waals surface area contributed by atoms with E-state index in [1.807, 2.05) is 0 Å². The van der Waals surface area contributed by atoms with Crippen LogP contribution in [0.15, 0.2) is 0 Å². The average Bonchev–Trinajstić information content (AvgIpc) is 2.50. The van der Waals surface area contributed by atoms with Crippen LogP contribution in [-0.2, 0) is 0 Å². The number of hydrogen-bond acceptors (Lipinski definition) is 3. The minimum Gasteiger partial charge on any atom is -0.330 e. The quantitative estimate of drug-likeness (QED) is 0.840. The number of nitrogens with zero attached hydrogens (tertiary/aromatic N) is 2. The first-order valence-corrected chi connectivity index (χ1v) is 8.75. The Labute approximate surface area is 125 Å². The van der Waals surface area contributed by atoms with Gasteiger partial charge in [-0.1, -0.05) is 26.7 Å². The first-order chi connectivity index (χ1) is 9.58. The van der Waals surface area contributed by atoms with Crippen molar-refractivity contribution in [1.82, 2.24) is 9.80 Å². The van der Waals surface area contributed by atoms with Crippen LogP contribution in [0.5, 0.6) is 0 Å². The molecule has 0 aromatic rings. The maximum absolute atomic E-state index is 6.16. The van der Waals surface area contributed by atoms with Crippen LogP contribution >= 0.6 is 0 Å². The summed E-state index contributed by atoms with van der Waals surface area (Å²) in [5.41, 5.74) is 6.58. The van der Waals surface area contributed by atoms with Crippen LogP contribution < -0.4 is 5.73 Å². The first kappa shape index (κ1) is 16.3. The third kappa shape index (κ3) is 3.96. The van der Waals surface area contributed by atoms with E-state index in [1.54, 1.807) is 0 Å². The smallest absolute Gasteiger partial charge is 0.0113 e. The molecule has 1 saturated heterocycles. The van der Waals surface area contributed by atoms with E-state index in [0.29, 0.717) is 5.41 Å². The Hall–Kier alpha value is -0.120. The Bertz CT molecular complexity index is 276. The van der Waals surface area contributed by atoms with Crippen LogP contribution in [0.1, 0.15) is 52.9 Å². The second-order valence-corrected chi connectivity index (χ2v) is 7.46. The summed E-state index contributed by atoms with van der Waals surface area (Å²) < 4.78 is 0. The van der Waals surface area contributed by atoms with E-state index < -0.39 is 0 Å². The third-order valence-electron chi connectivity index (χ3n) is 5.95. The fourth-order valence-corrected chi connectivity index (χ4v) is 3.90. The highest BCUT2D eigenvalue weighted by Crippen LogP contribution is 2.38. The van der Waals surface area contributed by atoms with Crippen molar-refractivity contribution in [3.05, 3.63) is 0 Å². The number of hydrogen-bond donors (Lipinski definition) is 1. The van der Waals surface area contributed by atoms with Crippen LogP contribution in [0.3, 0.4) is 0 Å². The lowest BCUT2D eigenvalue weighted by atomic mass is 9.70. The topological polar surface area (TPSA) is 32.5 Å². The van der Waals surface area contributed by atoms with Crippen LogP contribution in [0, 0.1) is 11.3 Å². The van der Waals surface area contributed by atoms with Crippen molar-refractivity contribution < 1.29 is 0 Å². The average molecular weight is 281 g/mol. The van der Waals surface area contributed by atoms with Gasteiger partial charge in [-0.2, -0.15) is 0 Å². The molecule has 2 rings (SSSR count). The van der Waals surface area contributed by atoms with Gasteiger partial charge in [-0.15, -0.1) is 0 Å². The maximum atomic E-state index is 6.16. The Kier molecular flexibility index (Phi) is 5.88. The van der Waals surface area contributed by atoms with E-state index in [2.05, 4.69) is 30.6 Å². The standard InChI is InChI=1S/C17H35N3/c1-4-16(3)20-11-9-19(10-12-20)14-17(13-18)7-5-15(2)6-8-17/h15-16H,4-14,18H2,1-3H3. The van der Waals surface area contributed by atoms with Gasteiger partial charge < -0.3 is 10.6 Å². The summed E-state index contributed by atoms with van der Waals surface area (Å²) in [5, 5.41) is 0. The minimum absolute atomic E-state index is 0.422. The fraction of sp³-hybridized carbons (Fsp3) is 1.00. The van der Waals surface area contributed by atoms with Gasteiger partial charge in [0.2, 0.25) is 0 Å². The van der Waals surface area contributed by atoms with Gasteiger partial charge in [-0.3, -0.25) is 4.90 Å². The summed E-state index contributed by atoms with van der Waals surface area (Å²) in [4.78, 5) is 5.33. The van der Waals surface area contributed by atoms with Crippen molar-refractivity contribution in [2.75, 3.05) is 39.3 Å². The highest BCUT2D eigenvalue weighted by molar-refractivity contribution is 4.90. The normalized spacial score (nSPS) is 35.1. The van der Waals surface area contributed by atoms with Crippen LogP contribution in [-0.4, -0.2) is 55.1 Å². The van der Waals surface area contributed by atoms with Crippen LogP contribution in [0.25, 0.3) is 0 Å². The molecule has 0 aromatic carbocycles. The SMILES string of the molecule is CCC(C)N1CCN(CC2(CN)CCC(C)CC2)CC1. The molecular weight excluding hydrogens is 246 g/mol. The summed E-state index contributed by atoms with van der Waals surface area (Å²) in [6.07, 6.45) is 6.71. The van der Waals surface area contributed by atoms with Crippen LogP contribution in [0.4, 0.5) is 0 Å². The molecule has 1 aliphatic heterocycles. The monoisotopic (exact) mass is 281 g/mol. The fourth-order valence-electron chi connectivity index (χ4n) is 3.90. The number of piperazine rings is 1. The molecule has 1 unspecified atom stereocenters. The zero-order valence-electron chi connectivity index (χ0n) is 13.9. The zero-order chi connectivity index (χ0) is 14.6. The van der Waals surface area contributed by atoms with Gasteiger partial charge in [-0.05, 0) is 44.1 Å². The van der Waals surface area contributed by atoms with Gasteiger partial charge in [0.05, 0.1) is 0 Å². The van der Waals surface area contributed by atoms with Gasteiger partial charge in [0.25, 0.3) is 0 Å². The first-order valence-electron chi connectivity index (χ1n) is 8.75. The predicted molar refractivity (Wildman–Crippen MR) is 86.9 cm³/mol. The second-order valence-electron chi connectivity index (χ2n) is 7.46. The van der Waals surface area contributed by atoms with E-state index in [4.69, 9.17) is 5.73 Å². The summed E-state index contributed by atoms with van der Waals surface area (Å²) >= 11 is 0. The largest absolute Gasteiger partial charge is 0.330 e. The van der Waals surface area contributed by atoms with E-state index in [1.165, 1.54) is 64.8 Å². The molecule has 1 aliphatic carbocycles. The summed E-state index contributed by atoms with van der Waals surface area (Å²) in [6, 6.07) is 0.746. The van der Waals surface area contributed by atoms with E-state index in [9.17, 15) is 0 Å². The Balaban J connectivity index is 1.82. The molecule has 0 spiro atoms. The van der Waals surface area contributed by atoms with Crippen molar-refractivity contribution in [3.8, 4) is 0 Å². The van der Waals surface area contributed by atoms with Crippen molar-refractivity contribution in [1.29, 1.82) is 0 Å². The Morgan fingerprint density at radius 1 is 1.15 bits per heavy atom. The van der Waals surface area contributed by atoms with Crippen molar-refractivity contribution in [2.45, 2.75) is 58.9 Å². The van der Waals surface area contributed by atoms with Crippen LogP contribution in [0.2, 0.25) is 0 Å². The molecular formula is C17H35N3. The molecule has 1 heterocycles. The predicted octanol–water partition coefficient (Wildman–Crippen LogP) is 2.56. The molecule has 2 fully saturated rings. The van der Waals surface area contributed by atoms with E-state index in [0.717, 1.165) is 18.5 Å². The molecule has 20 heavy (non-hydrogen) atoms. The summed E-state index contributed by atoms with van der Waals surface area (Å²) in [5.74, 6) is 0.914. The summed E-state index contributed by atoms with van der Waals surface area (Å²) in [6.45, 7) is 14.1. The van der Waals surface area contributed by atoms with E-state index >= 15 is 0 Å². The van der Waals surface area contributed by atoms with Crippen molar-refractivity contribution in [2.24, 2.45) is 17.1 Å². The van der Waals surface area contributed by atoms with Crippen molar-refractivity contribution in [3.63, 3.8) is 0 Å². The van der Waals surface area contributed by atoms with E-state index in [-0.39, 0.29) is 0 Å². The highest BCUT2D eigenvalue weighted by atomic mass is 15.3. The molecule has 2 N–H and O–H groups in total. The Morgan fingerprint density at radius 2 is 1.75 bits per heavy atom. The molecule has 118 valence electrons. The lowest BCUT2D eigenvalue weighted by Gasteiger charge is -2.45. The maximum Gasteiger partial charge on any atom is 0.0113 e. The lowest BCUT2D eigenvalue weighted by Crippen LogP contribution is -2.53. The lowest BCUT2D eigenvalue weighted by molar-refractivity contribution is 0.0465. The van der Waals surface area contributed by atoms with Gasteiger partial charge in [0, 0.05) is 38.8 Å². The molecule has 2 aliphatic rings. The molecule has 1 saturated carbocycles. The van der Waals surface area contributed by atoms with Crippen molar-refractivity contribution >= 4 is 0 Å². The minimum atomic E-state index is 0.422. The molecule has 1 atom stereocenters. The highest BCUT2D eigenvalue weighted by Gasteiger charge is 2.35. The molecule has 0 aromatic heterocycles. The summed E-state index contributed by atoms with van der Waals surface area (Å²) in [7, 11) is 0. The number of rotatable bonds is 5. The zero-order valence-corrected chi connectivity index (χ0v) is 13.9. The second kappa shape index (κ2) is 7.24. The van der Waals surface area contributed by atoms with Gasteiger partial charge in [0.1, 0.15) is 0 Å². The number of nitrogens with two attached hydrogens (primary N) is 1. The third-order valence-corrected chi connectivity index (χ3v) is 5.95.